The fourth-order valence-corrected chi connectivity index (χ4v) is 2.78. The number of allylic oxidation sites excluding steroid dienone is 10. The van der Waals surface area contributed by atoms with Gasteiger partial charge in [0.1, 0.15) is 0 Å². The number of carbonyl (C=O) groups is 1. The van der Waals surface area contributed by atoms with E-state index < -0.39 is 0 Å². The van der Waals surface area contributed by atoms with Crippen LogP contribution < -0.4 is 5.32 Å². The predicted molar refractivity (Wildman–Crippen MR) is 146 cm³/mol. The first-order valence-corrected chi connectivity index (χ1v) is 13.0. The summed E-state index contributed by atoms with van der Waals surface area (Å²) in [6, 6.07) is 0. The van der Waals surface area contributed by atoms with Gasteiger partial charge < -0.3 is 24.3 Å². The van der Waals surface area contributed by atoms with E-state index in [0.717, 1.165) is 44.9 Å². The summed E-state index contributed by atoms with van der Waals surface area (Å²) in [5.41, 5.74) is 0. The van der Waals surface area contributed by atoms with Gasteiger partial charge in [0.2, 0.25) is 5.91 Å². The summed E-state index contributed by atoms with van der Waals surface area (Å²) in [6.45, 7) is 6.48. The van der Waals surface area contributed by atoms with Crippen LogP contribution in [0.15, 0.2) is 60.8 Å². The third-order valence-corrected chi connectivity index (χ3v) is 4.68. The Hall–Kier alpha value is -1.99. The Labute approximate surface area is 214 Å². The molecule has 1 N–H and O–H groups in total. The number of rotatable bonds is 25. The van der Waals surface area contributed by atoms with Crippen LogP contribution in [0.25, 0.3) is 0 Å². The van der Waals surface area contributed by atoms with Crippen LogP contribution in [0, 0.1) is 0 Å². The lowest BCUT2D eigenvalue weighted by atomic mass is 10.2. The molecule has 0 unspecified atom stereocenters. The normalized spacial score (nSPS) is 12.4. The number of methoxy groups -OCH3 is 1. The van der Waals surface area contributed by atoms with E-state index >= 15 is 0 Å². The topological polar surface area (TPSA) is 66.0 Å². The fraction of sp³-hybridized carbons (Fsp3) is 0.621. The molecule has 0 aliphatic rings. The van der Waals surface area contributed by atoms with Crippen molar-refractivity contribution in [3.05, 3.63) is 60.8 Å². The Kier molecular flexibility index (Phi) is 28.3. The van der Waals surface area contributed by atoms with Crippen molar-refractivity contribution in [2.24, 2.45) is 0 Å². The minimum atomic E-state index is 0.0745. The molecule has 6 heteroatoms. The maximum absolute atomic E-state index is 11.8. The van der Waals surface area contributed by atoms with Crippen LogP contribution in [0.3, 0.4) is 0 Å². The number of unbranched alkanes of at least 4 members (excludes halogenated alkanes) is 1. The van der Waals surface area contributed by atoms with E-state index in [1.807, 2.05) is 0 Å². The van der Waals surface area contributed by atoms with Gasteiger partial charge in [-0.1, -0.05) is 67.7 Å². The third-order valence-electron chi connectivity index (χ3n) is 4.68. The van der Waals surface area contributed by atoms with E-state index in [0.29, 0.717) is 59.2 Å². The second-order valence-electron chi connectivity index (χ2n) is 7.78. The lowest BCUT2D eigenvalue weighted by Crippen LogP contribution is -2.27. The lowest BCUT2D eigenvalue weighted by Gasteiger charge is -2.07. The molecule has 0 aromatic heterocycles. The number of hydrogen-bond acceptors (Lipinski definition) is 5. The van der Waals surface area contributed by atoms with E-state index in [4.69, 9.17) is 18.9 Å². The van der Waals surface area contributed by atoms with Crippen molar-refractivity contribution in [2.75, 3.05) is 59.9 Å². The SMILES string of the molecule is CC/C=C\CC=CCC=CC/C=C\C/C=C\CCCC(=O)NCCOCCOCCOCCOC. The molecule has 0 saturated heterocycles. The summed E-state index contributed by atoms with van der Waals surface area (Å²) in [4.78, 5) is 11.8. The second kappa shape index (κ2) is 30.0. The summed E-state index contributed by atoms with van der Waals surface area (Å²) < 4.78 is 21.0. The first-order valence-electron chi connectivity index (χ1n) is 13.0. The molecule has 0 rings (SSSR count). The molecule has 6 nitrogen and oxygen atoms in total. The molecule has 0 saturated carbocycles. The van der Waals surface area contributed by atoms with Crippen molar-refractivity contribution in [1.82, 2.24) is 5.32 Å². The Balaban J connectivity index is 3.40. The van der Waals surface area contributed by atoms with Gasteiger partial charge in [-0.05, 0) is 44.9 Å². The van der Waals surface area contributed by atoms with E-state index in [-0.39, 0.29) is 5.91 Å². The van der Waals surface area contributed by atoms with E-state index in [9.17, 15) is 4.79 Å². The molecule has 0 aliphatic heterocycles. The highest BCUT2D eigenvalue weighted by Crippen LogP contribution is 1.99. The average Bonchev–Trinajstić information content (AvgIpc) is 2.86. The lowest BCUT2D eigenvalue weighted by molar-refractivity contribution is -0.121. The largest absolute Gasteiger partial charge is 0.382 e. The van der Waals surface area contributed by atoms with Crippen molar-refractivity contribution in [2.45, 2.75) is 58.3 Å². The standard InChI is InChI=1S/C29H49NO5/c1-3-4-5-6-7-8-9-10-11-12-13-14-15-16-17-18-19-20-29(31)30-21-22-33-25-26-35-28-27-34-24-23-32-2/h4-5,7-8,10-11,13-14,16-17H,3,6,9,12,15,18-28H2,1-2H3,(H,30,31)/b5-4-,8-7?,11-10?,14-13-,17-16-. The molecule has 0 heterocycles. The van der Waals surface area contributed by atoms with E-state index in [1.54, 1.807) is 7.11 Å². The van der Waals surface area contributed by atoms with Crippen LogP contribution in [-0.4, -0.2) is 65.8 Å². The van der Waals surface area contributed by atoms with Gasteiger partial charge in [0.15, 0.2) is 0 Å². The maximum Gasteiger partial charge on any atom is 0.220 e. The zero-order chi connectivity index (χ0) is 25.5. The van der Waals surface area contributed by atoms with Crippen molar-refractivity contribution in [3.63, 3.8) is 0 Å². The van der Waals surface area contributed by atoms with Gasteiger partial charge in [-0.2, -0.15) is 0 Å². The number of hydrogen-bond donors (Lipinski definition) is 1. The summed E-state index contributed by atoms with van der Waals surface area (Å²) >= 11 is 0. The molecule has 0 aliphatic carbocycles. The average molecular weight is 492 g/mol. The molecule has 35 heavy (non-hydrogen) atoms. The van der Waals surface area contributed by atoms with Crippen LogP contribution in [-0.2, 0) is 23.7 Å². The fourth-order valence-electron chi connectivity index (χ4n) is 2.78. The molecule has 0 aromatic carbocycles. The smallest absolute Gasteiger partial charge is 0.220 e. The first kappa shape index (κ1) is 33.0. The number of amides is 1. The molecule has 0 bridgehead atoms. The molecule has 200 valence electrons. The summed E-state index contributed by atoms with van der Waals surface area (Å²) in [7, 11) is 1.65. The van der Waals surface area contributed by atoms with Crippen LogP contribution in [0.2, 0.25) is 0 Å². The number of carbonyl (C=O) groups excluding carboxylic acids is 1. The van der Waals surface area contributed by atoms with Crippen molar-refractivity contribution < 1.29 is 23.7 Å². The predicted octanol–water partition coefficient (Wildman–Crippen LogP) is 5.72. The van der Waals surface area contributed by atoms with Gasteiger partial charge >= 0.3 is 0 Å². The van der Waals surface area contributed by atoms with Crippen molar-refractivity contribution in [1.29, 1.82) is 0 Å². The van der Waals surface area contributed by atoms with Crippen LogP contribution in [0.4, 0.5) is 0 Å². The minimum Gasteiger partial charge on any atom is -0.382 e. The second-order valence-corrected chi connectivity index (χ2v) is 7.78. The zero-order valence-electron chi connectivity index (χ0n) is 22.1. The number of ether oxygens (including phenoxy) is 4. The van der Waals surface area contributed by atoms with Gasteiger partial charge in [-0.3, -0.25) is 4.79 Å². The molecule has 0 aromatic rings. The molecule has 1 amide bonds. The van der Waals surface area contributed by atoms with Gasteiger partial charge in [0, 0.05) is 20.1 Å². The monoisotopic (exact) mass is 491 g/mol. The van der Waals surface area contributed by atoms with Crippen LogP contribution in [0.5, 0.6) is 0 Å². The molecular weight excluding hydrogens is 442 g/mol. The van der Waals surface area contributed by atoms with Crippen molar-refractivity contribution >= 4 is 5.91 Å². The van der Waals surface area contributed by atoms with Crippen LogP contribution in [0.1, 0.15) is 58.3 Å². The van der Waals surface area contributed by atoms with Gasteiger partial charge in [0.05, 0.1) is 46.2 Å². The van der Waals surface area contributed by atoms with Gasteiger partial charge in [-0.25, -0.2) is 0 Å². The molecule has 0 fully saturated rings. The maximum atomic E-state index is 11.8. The van der Waals surface area contributed by atoms with Gasteiger partial charge in [-0.15, -0.1) is 0 Å². The van der Waals surface area contributed by atoms with Gasteiger partial charge in [0.25, 0.3) is 0 Å². The Bertz CT molecular complexity index is 596. The van der Waals surface area contributed by atoms with E-state index in [2.05, 4.69) is 73.0 Å². The van der Waals surface area contributed by atoms with E-state index in [1.165, 1.54) is 0 Å². The summed E-state index contributed by atoms with van der Waals surface area (Å²) in [5, 5.41) is 2.88. The Morgan fingerprint density at radius 3 is 1.60 bits per heavy atom. The Morgan fingerprint density at radius 1 is 0.629 bits per heavy atom. The summed E-state index contributed by atoms with van der Waals surface area (Å²) in [5.74, 6) is 0.0745. The first-order chi connectivity index (χ1) is 17.3. The quantitative estimate of drug-likeness (QED) is 0.131. The molecule has 0 radical (unpaired) electrons. The molecule has 0 atom stereocenters. The molecular formula is C29H49NO5. The molecule has 0 spiro atoms. The third kappa shape index (κ3) is 30.0. The Morgan fingerprint density at radius 2 is 1.09 bits per heavy atom. The highest BCUT2D eigenvalue weighted by molar-refractivity contribution is 5.75. The number of nitrogens with one attached hydrogen (secondary N) is 1. The van der Waals surface area contributed by atoms with Crippen molar-refractivity contribution in [3.8, 4) is 0 Å². The highest BCUT2D eigenvalue weighted by atomic mass is 16.6. The van der Waals surface area contributed by atoms with Crippen LogP contribution >= 0.6 is 0 Å². The summed E-state index contributed by atoms with van der Waals surface area (Å²) in [6.07, 6.45) is 29.2. The highest BCUT2D eigenvalue weighted by Gasteiger charge is 1.99. The zero-order valence-corrected chi connectivity index (χ0v) is 22.1. The minimum absolute atomic E-state index is 0.0745.